The highest BCUT2D eigenvalue weighted by molar-refractivity contribution is 5.79. The maximum Gasteiger partial charge on any atom is 0.191 e. The molecule has 0 aliphatic carbocycles. The predicted octanol–water partition coefficient (Wildman–Crippen LogP) is 3.23. The maximum absolute atomic E-state index is 4.74. The first kappa shape index (κ1) is 22.5. The van der Waals surface area contributed by atoms with E-state index in [-0.39, 0.29) is 0 Å². The topological polar surface area (TPSA) is 70.4 Å². The Labute approximate surface area is 185 Å². The van der Waals surface area contributed by atoms with E-state index in [0.717, 1.165) is 43.4 Å². The molecule has 0 amide bonds. The van der Waals surface area contributed by atoms with E-state index in [9.17, 15) is 0 Å². The SMILES string of the molecule is CCNC(=NCc1ccnc(-n2ccnc2)c1)NCCC(C)N(C)Cc1ccccc1. The largest absolute Gasteiger partial charge is 0.357 e. The average molecular weight is 420 g/mol. The Hall–Kier alpha value is -3.19. The summed E-state index contributed by atoms with van der Waals surface area (Å²) in [7, 11) is 2.18. The van der Waals surface area contributed by atoms with Crippen molar-refractivity contribution in [1.29, 1.82) is 0 Å². The van der Waals surface area contributed by atoms with Crippen molar-refractivity contribution in [2.45, 2.75) is 39.4 Å². The van der Waals surface area contributed by atoms with Crippen LogP contribution in [-0.2, 0) is 13.1 Å². The summed E-state index contributed by atoms with van der Waals surface area (Å²) in [5, 5.41) is 6.80. The van der Waals surface area contributed by atoms with E-state index in [1.807, 2.05) is 29.1 Å². The highest BCUT2D eigenvalue weighted by atomic mass is 15.2. The lowest BCUT2D eigenvalue weighted by Crippen LogP contribution is -2.40. The van der Waals surface area contributed by atoms with Crippen LogP contribution in [0.4, 0.5) is 0 Å². The van der Waals surface area contributed by atoms with Crippen molar-refractivity contribution >= 4 is 5.96 Å². The van der Waals surface area contributed by atoms with Crippen LogP contribution in [0.3, 0.4) is 0 Å². The molecule has 2 aromatic heterocycles. The summed E-state index contributed by atoms with van der Waals surface area (Å²) < 4.78 is 1.89. The van der Waals surface area contributed by atoms with Crippen LogP contribution in [0.25, 0.3) is 5.82 Å². The molecular weight excluding hydrogens is 386 g/mol. The van der Waals surface area contributed by atoms with Gasteiger partial charge in [0.15, 0.2) is 5.96 Å². The van der Waals surface area contributed by atoms with Crippen LogP contribution >= 0.6 is 0 Å². The third kappa shape index (κ3) is 7.22. The van der Waals surface area contributed by atoms with E-state index in [1.54, 1.807) is 12.5 Å². The molecule has 7 heteroatoms. The second-order valence-corrected chi connectivity index (χ2v) is 7.65. The fourth-order valence-electron chi connectivity index (χ4n) is 3.25. The quantitative estimate of drug-likeness (QED) is 0.390. The molecule has 1 unspecified atom stereocenters. The normalized spacial score (nSPS) is 12.7. The minimum atomic E-state index is 0.466. The summed E-state index contributed by atoms with van der Waals surface area (Å²) in [6.07, 6.45) is 8.23. The van der Waals surface area contributed by atoms with Crippen LogP contribution in [0.5, 0.6) is 0 Å². The number of nitrogens with zero attached hydrogens (tertiary/aromatic N) is 5. The van der Waals surface area contributed by atoms with Gasteiger partial charge >= 0.3 is 0 Å². The number of nitrogens with one attached hydrogen (secondary N) is 2. The third-order valence-corrected chi connectivity index (χ3v) is 5.22. The standard InChI is InChI=1S/C24H33N7/c1-4-26-24(28-12-10-20(2)30(3)18-21-8-6-5-7-9-21)29-17-22-11-13-27-23(16-22)31-15-14-25-19-31/h5-9,11,13-16,19-20H,4,10,12,17-18H2,1-3H3,(H2,26,28,29). The van der Waals surface area contributed by atoms with Crippen LogP contribution in [0.1, 0.15) is 31.4 Å². The number of guanidine groups is 1. The summed E-state index contributed by atoms with van der Waals surface area (Å²) in [6.45, 7) is 7.58. The zero-order valence-corrected chi connectivity index (χ0v) is 18.7. The average Bonchev–Trinajstić information content (AvgIpc) is 3.33. The van der Waals surface area contributed by atoms with Gasteiger partial charge in [0.05, 0.1) is 6.54 Å². The minimum Gasteiger partial charge on any atom is -0.357 e. The smallest absolute Gasteiger partial charge is 0.191 e. The lowest BCUT2D eigenvalue weighted by atomic mass is 10.1. The summed E-state index contributed by atoms with van der Waals surface area (Å²) >= 11 is 0. The number of hydrogen-bond donors (Lipinski definition) is 2. The van der Waals surface area contributed by atoms with Crippen molar-refractivity contribution in [1.82, 2.24) is 30.1 Å². The lowest BCUT2D eigenvalue weighted by Gasteiger charge is -2.25. The van der Waals surface area contributed by atoms with Gasteiger partial charge in [0.1, 0.15) is 12.1 Å². The molecule has 0 saturated heterocycles. The molecular formula is C24H33N7. The second kappa shape index (κ2) is 11.9. The third-order valence-electron chi connectivity index (χ3n) is 5.22. The number of aliphatic imine (C=N–C) groups is 1. The highest BCUT2D eigenvalue weighted by Crippen LogP contribution is 2.09. The molecule has 2 N–H and O–H groups in total. The van der Waals surface area contributed by atoms with Crippen molar-refractivity contribution < 1.29 is 0 Å². The Morgan fingerprint density at radius 2 is 1.97 bits per heavy atom. The van der Waals surface area contributed by atoms with E-state index in [1.165, 1.54) is 5.56 Å². The summed E-state index contributed by atoms with van der Waals surface area (Å²) in [5.74, 6) is 1.68. The molecule has 2 heterocycles. The van der Waals surface area contributed by atoms with Crippen molar-refractivity contribution in [2.24, 2.45) is 4.99 Å². The predicted molar refractivity (Wildman–Crippen MR) is 126 cm³/mol. The number of imidazole rings is 1. The summed E-state index contributed by atoms with van der Waals surface area (Å²) in [5.41, 5.74) is 2.44. The van der Waals surface area contributed by atoms with Crippen molar-refractivity contribution in [3.05, 3.63) is 78.5 Å². The van der Waals surface area contributed by atoms with E-state index >= 15 is 0 Å². The molecule has 1 aromatic carbocycles. The van der Waals surface area contributed by atoms with Crippen LogP contribution in [-0.4, -0.2) is 51.6 Å². The molecule has 0 aliphatic heterocycles. The Morgan fingerprint density at radius 3 is 2.71 bits per heavy atom. The first-order valence-corrected chi connectivity index (χ1v) is 10.8. The molecule has 0 radical (unpaired) electrons. The molecule has 0 fully saturated rings. The summed E-state index contributed by atoms with van der Waals surface area (Å²) in [6, 6.07) is 15.1. The molecule has 31 heavy (non-hydrogen) atoms. The van der Waals surface area contributed by atoms with Gasteiger partial charge in [-0.15, -0.1) is 0 Å². The number of aromatic nitrogens is 3. The van der Waals surface area contributed by atoms with Crippen molar-refractivity contribution in [3.8, 4) is 5.82 Å². The zero-order chi connectivity index (χ0) is 21.9. The van der Waals surface area contributed by atoms with Gasteiger partial charge < -0.3 is 10.6 Å². The molecule has 3 rings (SSSR count). The monoisotopic (exact) mass is 419 g/mol. The van der Waals surface area contributed by atoms with E-state index in [0.29, 0.717) is 12.6 Å². The first-order valence-electron chi connectivity index (χ1n) is 10.8. The molecule has 7 nitrogen and oxygen atoms in total. The van der Waals surface area contributed by atoms with Crippen LogP contribution in [0.15, 0.2) is 72.4 Å². The molecule has 0 spiro atoms. The zero-order valence-electron chi connectivity index (χ0n) is 18.7. The Kier molecular flexibility index (Phi) is 8.60. The second-order valence-electron chi connectivity index (χ2n) is 7.65. The Bertz CT molecular complexity index is 922. The molecule has 1 atom stereocenters. The molecule has 164 valence electrons. The van der Waals surface area contributed by atoms with Crippen molar-refractivity contribution in [3.63, 3.8) is 0 Å². The summed E-state index contributed by atoms with van der Waals surface area (Å²) in [4.78, 5) is 15.6. The van der Waals surface area contributed by atoms with Crippen LogP contribution in [0, 0.1) is 0 Å². The van der Waals surface area contributed by atoms with Gasteiger partial charge in [0.25, 0.3) is 0 Å². The van der Waals surface area contributed by atoms with Gasteiger partial charge in [-0.25, -0.2) is 15.0 Å². The lowest BCUT2D eigenvalue weighted by molar-refractivity contribution is 0.238. The fraction of sp³-hybridized carbons (Fsp3) is 0.375. The number of pyridine rings is 1. The van der Waals surface area contributed by atoms with Gasteiger partial charge in [0.2, 0.25) is 0 Å². The van der Waals surface area contributed by atoms with Gasteiger partial charge in [0, 0.05) is 44.3 Å². The molecule has 0 aliphatic rings. The van der Waals surface area contributed by atoms with Gasteiger partial charge in [-0.2, -0.15) is 0 Å². The number of benzene rings is 1. The number of hydrogen-bond acceptors (Lipinski definition) is 4. The maximum atomic E-state index is 4.74. The van der Waals surface area contributed by atoms with Gasteiger partial charge in [-0.1, -0.05) is 30.3 Å². The van der Waals surface area contributed by atoms with Crippen LogP contribution < -0.4 is 10.6 Å². The minimum absolute atomic E-state index is 0.466. The first-order chi connectivity index (χ1) is 15.2. The molecule has 0 bridgehead atoms. The van der Waals surface area contributed by atoms with Gasteiger partial charge in [-0.05, 0) is 50.6 Å². The Balaban J connectivity index is 1.50. The molecule has 0 saturated carbocycles. The van der Waals surface area contributed by atoms with Gasteiger partial charge in [-0.3, -0.25) is 9.47 Å². The van der Waals surface area contributed by atoms with Crippen LogP contribution in [0.2, 0.25) is 0 Å². The van der Waals surface area contributed by atoms with Crippen molar-refractivity contribution in [2.75, 3.05) is 20.1 Å². The number of rotatable bonds is 10. The Morgan fingerprint density at radius 1 is 1.13 bits per heavy atom. The van der Waals surface area contributed by atoms with E-state index < -0.39 is 0 Å². The van der Waals surface area contributed by atoms with E-state index in [2.05, 4.69) is 76.7 Å². The highest BCUT2D eigenvalue weighted by Gasteiger charge is 2.10. The molecule has 3 aromatic rings. The fourth-order valence-corrected chi connectivity index (χ4v) is 3.25. The van der Waals surface area contributed by atoms with E-state index in [4.69, 9.17) is 4.99 Å².